The molecule has 0 spiro atoms. The molecule has 2 fully saturated rings. The van der Waals surface area contributed by atoms with Gasteiger partial charge in [-0.05, 0) is 45.8 Å². The van der Waals surface area contributed by atoms with E-state index in [0.717, 1.165) is 19.0 Å². The van der Waals surface area contributed by atoms with E-state index in [1.807, 2.05) is 0 Å². The Morgan fingerprint density at radius 3 is 2.53 bits per heavy atom. The van der Waals surface area contributed by atoms with Gasteiger partial charge in [-0.2, -0.15) is 0 Å². The zero-order valence-electron chi connectivity index (χ0n) is 11.6. The van der Waals surface area contributed by atoms with Crippen LogP contribution in [0.25, 0.3) is 0 Å². The minimum atomic E-state index is 0.256. The van der Waals surface area contributed by atoms with Gasteiger partial charge < -0.3 is 10.6 Å². The zero-order valence-corrected chi connectivity index (χ0v) is 11.6. The summed E-state index contributed by atoms with van der Waals surface area (Å²) >= 11 is 0. The van der Waals surface area contributed by atoms with Gasteiger partial charge in [0.1, 0.15) is 0 Å². The molecule has 1 atom stereocenters. The lowest BCUT2D eigenvalue weighted by Gasteiger charge is -2.40. The van der Waals surface area contributed by atoms with Crippen molar-refractivity contribution >= 4 is 0 Å². The summed E-state index contributed by atoms with van der Waals surface area (Å²) in [6, 6.07) is 0. The van der Waals surface area contributed by atoms with E-state index in [9.17, 15) is 0 Å². The highest BCUT2D eigenvalue weighted by atomic mass is 15.3. The molecule has 1 aliphatic carbocycles. The van der Waals surface area contributed by atoms with Crippen LogP contribution >= 0.6 is 0 Å². The summed E-state index contributed by atoms with van der Waals surface area (Å²) in [6.45, 7) is 4.41. The van der Waals surface area contributed by atoms with Crippen LogP contribution in [0.15, 0.2) is 0 Å². The van der Waals surface area contributed by atoms with Crippen molar-refractivity contribution in [1.29, 1.82) is 0 Å². The van der Waals surface area contributed by atoms with Gasteiger partial charge in [-0.3, -0.25) is 4.90 Å². The molecule has 3 heteroatoms. The highest BCUT2D eigenvalue weighted by Crippen LogP contribution is 2.30. The van der Waals surface area contributed by atoms with Gasteiger partial charge in [-0.25, -0.2) is 0 Å². The predicted octanol–water partition coefficient (Wildman–Crippen LogP) is 1.53. The van der Waals surface area contributed by atoms with Gasteiger partial charge in [0.05, 0.1) is 0 Å². The molecule has 0 amide bonds. The van der Waals surface area contributed by atoms with Gasteiger partial charge >= 0.3 is 0 Å². The van der Waals surface area contributed by atoms with Crippen LogP contribution in [0.3, 0.4) is 0 Å². The molecule has 1 aliphatic heterocycles. The van der Waals surface area contributed by atoms with Gasteiger partial charge in [-0.15, -0.1) is 0 Å². The van der Waals surface area contributed by atoms with E-state index in [4.69, 9.17) is 5.73 Å². The Morgan fingerprint density at radius 2 is 2.00 bits per heavy atom. The molecule has 2 aliphatic rings. The smallest absolute Gasteiger partial charge is 0.0467 e. The molecule has 0 radical (unpaired) electrons. The first-order chi connectivity index (χ1) is 8.16. The molecule has 1 saturated carbocycles. The van der Waals surface area contributed by atoms with Crippen LogP contribution in [-0.4, -0.2) is 55.6 Å². The van der Waals surface area contributed by atoms with Crippen molar-refractivity contribution < 1.29 is 0 Å². The first kappa shape index (κ1) is 13.3. The molecule has 17 heavy (non-hydrogen) atoms. The van der Waals surface area contributed by atoms with E-state index in [1.165, 1.54) is 51.6 Å². The van der Waals surface area contributed by atoms with Crippen molar-refractivity contribution in [1.82, 2.24) is 9.80 Å². The Kier molecular flexibility index (Phi) is 4.45. The second-order valence-electron chi connectivity index (χ2n) is 6.30. The molecule has 2 rings (SSSR count). The Hall–Kier alpha value is -0.120. The Balaban J connectivity index is 1.90. The molecule has 100 valence electrons. The lowest BCUT2D eigenvalue weighted by atomic mass is 9.87. The minimum absolute atomic E-state index is 0.256. The van der Waals surface area contributed by atoms with Gasteiger partial charge in [0.15, 0.2) is 0 Å². The highest BCUT2D eigenvalue weighted by Gasteiger charge is 2.39. The largest absolute Gasteiger partial charge is 0.329 e. The lowest BCUT2D eigenvalue weighted by molar-refractivity contribution is 0.103. The second kappa shape index (κ2) is 5.68. The Labute approximate surface area is 106 Å². The number of likely N-dealkylation sites (N-methyl/N-ethyl adjacent to an activating group) is 2. The third-order valence-electron chi connectivity index (χ3n) is 4.97. The number of rotatable bonds is 4. The first-order valence-corrected chi connectivity index (χ1v) is 7.26. The fourth-order valence-corrected chi connectivity index (χ4v) is 3.64. The van der Waals surface area contributed by atoms with E-state index in [1.54, 1.807) is 0 Å². The summed E-state index contributed by atoms with van der Waals surface area (Å²) in [5, 5.41) is 0. The minimum Gasteiger partial charge on any atom is -0.329 e. The molecule has 2 N–H and O–H groups in total. The third-order valence-corrected chi connectivity index (χ3v) is 4.97. The van der Waals surface area contributed by atoms with E-state index in [2.05, 4.69) is 23.9 Å². The van der Waals surface area contributed by atoms with Crippen molar-refractivity contribution in [2.75, 3.05) is 40.3 Å². The number of hydrogen-bond donors (Lipinski definition) is 1. The standard InChI is InChI=1S/C14H29N3/c1-16-9-8-14(11-15,12-16)17(2)10-13-6-4-3-5-7-13/h13H,3-12,15H2,1-2H3. The monoisotopic (exact) mass is 239 g/mol. The molecule has 0 aromatic carbocycles. The van der Waals surface area contributed by atoms with Crippen LogP contribution in [0.4, 0.5) is 0 Å². The van der Waals surface area contributed by atoms with Crippen LogP contribution in [0, 0.1) is 5.92 Å². The molecule has 0 aromatic rings. The van der Waals surface area contributed by atoms with Crippen molar-refractivity contribution in [2.45, 2.75) is 44.1 Å². The van der Waals surface area contributed by atoms with Crippen LogP contribution in [0.1, 0.15) is 38.5 Å². The molecule has 0 aromatic heterocycles. The quantitative estimate of drug-likeness (QED) is 0.807. The van der Waals surface area contributed by atoms with E-state index in [-0.39, 0.29) is 5.54 Å². The summed E-state index contributed by atoms with van der Waals surface area (Å²) in [7, 11) is 4.51. The van der Waals surface area contributed by atoms with Gasteiger partial charge in [0.25, 0.3) is 0 Å². The highest BCUT2D eigenvalue weighted by molar-refractivity contribution is 4.98. The topological polar surface area (TPSA) is 32.5 Å². The molecule has 1 saturated heterocycles. The summed E-state index contributed by atoms with van der Waals surface area (Å²) in [6.07, 6.45) is 8.43. The van der Waals surface area contributed by atoms with Gasteiger partial charge in [-0.1, -0.05) is 19.3 Å². The molecule has 1 unspecified atom stereocenters. The van der Waals surface area contributed by atoms with Crippen LogP contribution in [-0.2, 0) is 0 Å². The van der Waals surface area contributed by atoms with Gasteiger partial charge in [0, 0.05) is 25.2 Å². The maximum atomic E-state index is 6.07. The fourth-order valence-electron chi connectivity index (χ4n) is 3.64. The van der Waals surface area contributed by atoms with Crippen molar-refractivity contribution in [3.8, 4) is 0 Å². The summed E-state index contributed by atoms with van der Waals surface area (Å²) in [4.78, 5) is 5.00. The van der Waals surface area contributed by atoms with Crippen molar-refractivity contribution in [3.05, 3.63) is 0 Å². The van der Waals surface area contributed by atoms with E-state index in [0.29, 0.717) is 0 Å². The molecule has 1 heterocycles. The Morgan fingerprint density at radius 1 is 1.29 bits per heavy atom. The van der Waals surface area contributed by atoms with Crippen LogP contribution in [0.2, 0.25) is 0 Å². The molecule has 0 bridgehead atoms. The number of nitrogens with zero attached hydrogens (tertiary/aromatic N) is 2. The van der Waals surface area contributed by atoms with Crippen molar-refractivity contribution in [3.63, 3.8) is 0 Å². The van der Waals surface area contributed by atoms with Gasteiger partial charge in [0.2, 0.25) is 0 Å². The normalized spacial score (nSPS) is 32.5. The average molecular weight is 239 g/mol. The number of likely N-dealkylation sites (tertiary alicyclic amines) is 1. The maximum absolute atomic E-state index is 6.07. The van der Waals surface area contributed by atoms with E-state index < -0.39 is 0 Å². The molecular formula is C14H29N3. The van der Waals surface area contributed by atoms with Crippen LogP contribution in [0.5, 0.6) is 0 Å². The average Bonchev–Trinajstić information content (AvgIpc) is 2.73. The molecule has 3 nitrogen and oxygen atoms in total. The fraction of sp³-hybridized carbons (Fsp3) is 1.00. The zero-order chi connectivity index (χ0) is 12.3. The number of hydrogen-bond acceptors (Lipinski definition) is 3. The lowest BCUT2D eigenvalue weighted by Crippen LogP contribution is -2.55. The van der Waals surface area contributed by atoms with E-state index >= 15 is 0 Å². The summed E-state index contributed by atoms with van der Waals surface area (Å²) < 4.78 is 0. The first-order valence-electron chi connectivity index (χ1n) is 7.26. The predicted molar refractivity (Wildman–Crippen MR) is 73.1 cm³/mol. The SMILES string of the molecule is CN1CCC(CN)(N(C)CC2CCCCC2)C1. The second-order valence-corrected chi connectivity index (χ2v) is 6.30. The maximum Gasteiger partial charge on any atom is 0.0467 e. The summed E-state index contributed by atoms with van der Waals surface area (Å²) in [5.41, 5.74) is 6.32. The van der Waals surface area contributed by atoms with Crippen molar-refractivity contribution in [2.24, 2.45) is 11.7 Å². The Bertz CT molecular complexity index is 238. The third kappa shape index (κ3) is 3.01. The summed E-state index contributed by atoms with van der Waals surface area (Å²) in [5.74, 6) is 0.920. The van der Waals surface area contributed by atoms with Crippen LogP contribution < -0.4 is 5.73 Å². The molecular weight excluding hydrogens is 210 g/mol. The number of nitrogens with two attached hydrogens (primary N) is 1.